The fourth-order valence-corrected chi connectivity index (χ4v) is 7.40. The zero-order valence-electron chi connectivity index (χ0n) is 24.4. The zero-order valence-corrected chi connectivity index (χ0v) is 25.9. The van der Waals surface area contributed by atoms with Gasteiger partial charge in [0.05, 0.1) is 16.6 Å². The van der Waals surface area contributed by atoms with Gasteiger partial charge in [-0.15, -0.1) is 11.3 Å². The molecular formula is C32H40ClN3O5S. The van der Waals surface area contributed by atoms with E-state index in [1.54, 1.807) is 11.3 Å². The fourth-order valence-electron chi connectivity index (χ4n) is 6.29. The van der Waals surface area contributed by atoms with Crippen molar-refractivity contribution >= 4 is 34.0 Å². The number of thiazole rings is 1. The Hall–Kier alpha value is -2.69. The van der Waals surface area contributed by atoms with Gasteiger partial charge in [0.25, 0.3) is 0 Å². The Balaban J connectivity index is 0.00000173. The summed E-state index contributed by atoms with van der Waals surface area (Å²) in [5, 5.41) is 19.8. The number of carboxylic acid groups (broad SMARTS) is 1. The predicted octanol–water partition coefficient (Wildman–Crippen LogP) is 5.80. The van der Waals surface area contributed by atoms with Gasteiger partial charge in [-0.25, -0.2) is 4.98 Å². The van der Waals surface area contributed by atoms with Crippen molar-refractivity contribution in [2.75, 3.05) is 44.9 Å². The highest BCUT2D eigenvalue weighted by Gasteiger charge is 2.28. The summed E-state index contributed by atoms with van der Waals surface area (Å²) in [6.45, 7) is 7.92. The molecule has 10 heteroatoms. The van der Waals surface area contributed by atoms with E-state index in [4.69, 9.17) is 31.2 Å². The lowest BCUT2D eigenvalue weighted by atomic mass is 9.90. The maximum absolute atomic E-state index is 11.3. The van der Waals surface area contributed by atoms with E-state index in [9.17, 15) is 9.90 Å². The number of hydrogen-bond donors (Lipinski definition) is 2. The van der Waals surface area contributed by atoms with Crippen LogP contribution in [0, 0.1) is 12.8 Å². The molecule has 0 atom stereocenters. The quantitative estimate of drug-likeness (QED) is 0.345. The molecule has 0 radical (unpaired) electrons. The topological polar surface area (TPSA) is 95.4 Å². The Morgan fingerprint density at radius 1 is 1.12 bits per heavy atom. The van der Waals surface area contributed by atoms with Gasteiger partial charge in [-0.1, -0.05) is 29.8 Å². The third-order valence-corrected chi connectivity index (χ3v) is 9.96. The molecule has 4 heterocycles. The molecule has 8 nitrogen and oxygen atoms in total. The van der Waals surface area contributed by atoms with E-state index in [-0.39, 0.29) is 5.92 Å². The van der Waals surface area contributed by atoms with E-state index < -0.39 is 5.97 Å². The first-order chi connectivity index (χ1) is 20.5. The standard InChI is InChI=1S/C31H36ClN3O4S.CH4O/c1-20-23(6-5-22-17-35(14-9-25(20)22)24-10-15-38-16-11-24)18-39-29-26(3-2-4-27(29)32)28-19-40-31(33-28)34-12-7-21(8-13-34)30(36)37;1-2/h2-6,19,21,24H,7-18H2,1H3,(H,36,37);2H,1H3. The number of nitrogens with zero attached hydrogens (tertiary/aromatic N) is 3. The smallest absolute Gasteiger partial charge is 0.306 e. The van der Waals surface area contributed by atoms with Gasteiger partial charge in [-0.2, -0.15) is 0 Å². The third-order valence-electron chi connectivity index (χ3n) is 8.76. The van der Waals surface area contributed by atoms with Gasteiger partial charge in [0, 0.05) is 63.5 Å². The SMILES string of the molecule is CO.Cc1c(COc2c(Cl)cccc2-c2csc(N3CCC(C(=O)O)CC3)n2)ccc2c1CCN(C1CCOCC1)C2. The Morgan fingerprint density at radius 2 is 1.88 bits per heavy atom. The van der Waals surface area contributed by atoms with Gasteiger partial charge >= 0.3 is 5.97 Å². The van der Waals surface area contributed by atoms with Gasteiger partial charge in [0.2, 0.25) is 0 Å². The molecule has 2 N–H and O–H groups in total. The van der Waals surface area contributed by atoms with Gasteiger partial charge in [0.1, 0.15) is 12.4 Å². The number of benzene rings is 2. The van der Waals surface area contributed by atoms with Crippen molar-refractivity contribution in [2.24, 2.45) is 5.92 Å². The van der Waals surface area contributed by atoms with Crippen molar-refractivity contribution in [3.8, 4) is 17.0 Å². The molecule has 6 rings (SSSR count). The van der Waals surface area contributed by atoms with Crippen LogP contribution in [0.2, 0.25) is 5.02 Å². The number of aliphatic hydroxyl groups excluding tert-OH is 1. The van der Waals surface area contributed by atoms with Crippen molar-refractivity contribution < 1.29 is 24.5 Å². The number of para-hydroxylation sites is 1. The average Bonchev–Trinajstić information content (AvgIpc) is 3.53. The summed E-state index contributed by atoms with van der Waals surface area (Å²) < 4.78 is 12.0. The van der Waals surface area contributed by atoms with Crippen LogP contribution in [0.5, 0.6) is 5.75 Å². The summed E-state index contributed by atoms with van der Waals surface area (Å²) >= 11 is 8.24. The molecule has 1 aromatic heterocycles. The van der Waals surface area contributed by atoms with Crippen molar-refractivity contribution in [1.29, 1.82) is 0 Å². The van der Waals surface area contributed by atoms with Gasteiger partial charge < -0.3 is 24.6 Å². The van der Waals surface area contributed by atoms with Crippen molar-refractivity contribution in [1.82, 2.24) is 9.88 Å². The number of piperidine rings is 1. The van der Waals surface area contributed by atoms with Crippen LogP contribution in [0.4, 0.5) is 5.13 Å². The number of aromatic nitrogens is 1. The normalized spacial score (nSPS) is 18.2. The molecule has 2 saturated heterocycles. The molecule has 2 fully saturated rings. The number of aliphatic hydroxyl groups is 1. The molecule has 3 aromatic rings. The number of hydrogen-bond acceptors (Lipinski definition) is 8. The fraction of sp³-hybridized carbons (Fsp3) is 0.500. The van der Waals surface area contributed by atoms with E-state index in [0.717, 1.165) is 69.1 Å². The lowest BCUT2D eigenvalue weighted by Crippen LogP contribution is -2.42. The van der Waals surface area contributed by atoms with Crippen LogP contribution in [0.15, 0.2) is 35.7 Å². The van der Waals surface area contributed by atoms with Crippen LogP contribution in [0.3, 0.4) is 0 Å². The van der Waals surface area contributed by atoms with Crippen LogP contribution in [-0.4, -0.2) is 72.1 Å². The minimum Gasteiger partial charge on any atom is -0.487 e. The Labute approximate surface area is 256 Å². The van der Waals surface area contributed by atoms with Crippen molar-refractivity contribution in [3.63, 3.8) is 0 Å². The molecule has 2 aromatic carbocycles. The lowest BCUT2D eigenvalue weighted by Gasteiger charge is -2.38. The monoisotopic (exact) mass is 613 g/mol. The highest BCUT2D eigenvalue weighted by atomic mass is 35.5. The molecule has 3 aliphatic heterocycles. The second kappa shape index (κ2) is 14.2. The second-order valence-electron chi connectivity index (χ2n) is 11.1. The number of ether oxygens (including phenoxy) is 2. The molecule has 0 unspecified atom stereocenters. The summed E-state index contributed by atoms with van der Waals surface area (Å²) in [4.78, 5) is 21.0. The highest BCUT2D eigenvalue weighted by molar-refractivity contribution is 7.14. The maximum Gasteiger partial charge on any atom is 0.306 e. The number of carboxylic acids is 1. The number of carbonyl (C=O) groups is 1. The van der Waals surface area contributed by atoms with E-state index in [1.807, 2.05) is 23.6 Å². The molecule has 0 bridgehead atoms. The summed E-state index contributed by atoms with van der Waals surface area (Å²) in [5.41, 5.74) is 7.09. The minimum absolute atomic E-state index is 0.262. The first-order valence-corrected chi connectivity index (χ1v) is 16.0. The Morgan fingerprint density at radius 3 is 2.62 bits per heavy atom. The molecule has 0 aliphatic carbocycles. The summed E-state index contributed by atoms with van der Waals surface area (Å²) in [6, 6.07) is 10.9. The molecular weight excluding hydrogens is 574 g/mol. The van der Waals surface area contributed by atoms with E-state index in [2.05, 4.69) is 28.9 Å². The summed E-state index contributed by atoms with van der Waals surface area (Å²) in [5.74, 6) is -0.318. The number of halogens is 1. The van der Waals surface area contributed by atoms with Gasteiger partial charge in [-0.05, 0) is 73.4 Å². The summed E-state index contributed by atoms with van der Waals surface area (Å²) in [6.07, 6.45) is 4.61. The lowest BCUT2D eigenvalue weighted by molar-refractivity contribution is -0.142. The number of anilines is 1. The Kier molecular flexibility index (Phi) is 10.4. The van der Waals surface area contributed by atoms with Gasteiger partial charge in [-0.3, -0.25) is 9.69 Å². The third kappa shape index (κ3) is 6.76. The van der Waals surface area contributed by atoms with E-state index >= 15 is 0 Å². The van der Waals surface area contributed by atoms with Crippen LogP contribution >= 0.6 is 22.9 Å². The molecule has 0 amide bonds. The largest absolute Gasteiger partial charge is 0.487 e. The van der Waals surface area contributed by atoms with Crippen LogP contribution in [0.25, 0.3) is 11.3 Å². The van der Waals surface area contributed by atoms with E-state index in [1.165, 1.54) is 22.3 Å². The molecule has 0 spiro atoms. The Bertz CT molecular complexity index is 1370. The number of aliphatic carboxylic acids is 1. The summed E-state index contributed by atoms with van der Waals surface area (Å²) in [7, 11) is 1.00. The van der Waals surface area contributed by atoms with Crippen molar-refractivity contribution in [2.45, 2.75) is 58.2 Å². The van der Waals surface area contributed by atoms with E-state index in [0.29, 0.717) is 49.4 Å². The predicted molar refractivity (Wildman–Crippen MR) is 167 cm³/mol. The van der Waals surface area contributed by atoms with Crippen molar-refractivity contribution in [3.05, 3.63) is 63.0 Å². The molecule has 3 aliphatic rings. The van der Waals surface area contributed by atoms with Gasteiger partial charge in [0.15, 0.2) is 5.13 Å². The first kappa shape index (κ1) is 30.8. The number of fused-ring (bicyclic) bond motifs is 1. The van der Waals surface area contributed by atoms with Crippen LogP contribution in [0.1, 0.15) is 47.9 Å². The zero-order chi connectivity index (χ0) is 29.6. The first-order valence-electron chi connectivity index (χ1n) is 14.7. The molecule has 226 valence electrons. The van der Waals surface area contributed by atoms with Crippen LogP contribution in [-0.2, 0) is 29.1 Å². The molecule has 0 saturated carbocycles. The molecule has 42 heavy (non-hydrogen) atoms. The minimum atomic E-state index is -0.702. The van der Waals surface area contributed by atoms with Crippen LogP contribution < -0.4 is 9.64 Å². The second-order valence-corrected chi connectivity index (χ2v) is 12.3. The highest BCUT2D eigenvalue weighted by Crippen LogP contribution is 2.39. The number of rotatable bonds is 7. The average molecular weight is 614 g/mol. The maximum atomic E-state index is 11.3.